The highest BCUT2D eigenvalue weighted by Crippen LogP contribution is 2.21. The number of Topliss-reactive ketones (excluding diaryl/α,β-unsaturated/α-hetero) is 1. The van der Waals surface area contributed by atoms with Gasteiger partial charge < -0.3 is 5.32 Å². The quantitative estimate of drug-likeness (QED) is 0.378. The Kier molecular flexibility index (Phi) is 5.72. The first-order chi connectivity index (χ1) is 14.1. The number of ketones is 1. The third-order valence-corrected chi connectivity index (χ3v) is 4.30. The third kappa shape index (κ3) is 4.93. The number of nitro benzene ring substituents is 1. The van der Waals surface area contributed by atoms with Crippen molar-refractivity contribution in [3.05, 3.63) is 70.5 Å². The van der Waals surface area contributed by atoms with Crippen LogP contribution in [0.3, 0.4) is 0 Å². The van der Waals surface area contributed by atoms with Crippen molar-refractivity contribution in [3.8, 4) is 11.4 Å². The summed E-state index contributed by atoms with van der Waals surface area (Å²) in [6.07, 6.45) is 1.41. The fourth-order valence-electron chi connectivity index (χ4n) is 2.56. The van der Waals surface area contributed by atoms with E-state index in [0.717, 1.165) is 0 Å². The number of aromatic nitrogens is 3. The van der Waals surface area contributed by atoms with Gasteiger partial charge in [-0.05, 0) is 24.3 Å². The van der Waals surface area contributed by atoms with Gasteiger partial charge in [0.2, 0.25) is 5.91 Å². The average molecular weight is 407 g/mol. The van der Waals surface area contributed by atoms with E-state index in [9.17, 15) is 19.7 Å². The van der Waals surface area contributed by atoms with E-state index in [1.54, 1.807) is 36.4 Å². The fraction of sp³-hybridized carbons (Fsp3) is 0.238. The first-order valence-electron chi connectivity index (χ1n) is 9.22. The summed E-state index contributed by atoms with van der Waals surface area (Å²) in [4.78, 5) is 39.1. The van der Waals surface area contributed by atoms with Gasteiger partial charge in [0, 0.05) is 34.4 Å². The lowest BCUT2D eigenvalue weighted by molar-refractivity contribution is -0.384. The van der Waals surface area contributed by atoms with Gasteiger partial charge in [0.05, 0.1) is 4.92 Å². The van der Waals surface area contributed by atoms with Gasteiger partial charge in [-0.2, -0.15) is 5.10 Å². The van der Waals surface area contributed by atoms with Crippen molar-refractivity contribution in [2.24, 2.45) is 5.41 Å². The van der Waals surface area contributed by atoms with Crippen LogP contribution in [0.25, 0.3) is 11.4 Å². The fourth-order valence-corrected chi connectivity index (χ4v) is 2.56. The maximum atomic E-state index is 12.5. The summed E-state index contributed by atoms with van der Waals surface area (Å²) >= 11 is 0. The molecule has 0 saturated heterocycles. The second-order valence-corrected chi connectivity index (χ2v) is 7.78. The molecule has 1 N–H and O–H groups in total. The molecule has 0 saturated carbocycles. The molecule has 1 aromatic heterocycles. The predicted octanol–water partition coefficient (Wildman–Crippen LogP) is 3.72. The molecule has 0 unspecified atom stereocenters. The predicted molar refractivity (Wildman–Crippen MR) is 111 cm³/mol. The van der Waals surface area contributed by atoms with Crippen LogP contribution in [0, 0.1) is 15.5 Å². The number of nitro groups is 1. The van der Waals surface area contributed by atoms with Gasteiger partial charge in [0.25, 0.3) is 5.69 Å². The van der Waals surface area contributed by atoms with Gasteiger partial charge in [-0.25, -0.2) is 9.67 Å². The average Bonchev–Trinajstić information content (AvgIpc) is 3.16. The van der Waals surface area contributed by atoms with E-state index in [4.69, 9.17) is 0 Å². The Balaban J connectivity index is 1.68. The van der Waals surface area contributed by atoms with Crippen LogP contribution in [0.1, 0.15) is 31.1 Å². The van der Waals surface area contributed by atoms with Gasteiger partial charge >= 0.3 is 0 Å². The summed E-state index contributed by atoms with van der Waals surface area (Å²) < 4.78 is 1.38. The number of hydrogen-bond acceptors (Lipinski definition) is 6. The molecule has 30 heavy (non-hydrogen) atoms. The number of nitrogens with zero attached hydrogens (tertiary/aromatic N) is 4. The highest BCUT2D eigenvalue weighted by Gasteiger charge is 2.21. The summed E-state index contributed by atoms with van der Waals surface area (Å²) in [6.45, 7) is 5.43. The smallest absolute Gasteiger partial charge is 0.270 e. The maximum absolute atomic E-state index is 12.5. The molecule has 0 atom stereocenters. The molecule has 0 spiro atoms. The zero-order valence-corrected chi connectivity index (χ0v) is 16.8. The molecule has 1 amide bonds. The second kappa shape index (κ2) is 8.24. The van der Waals surface area contributed by atoms with Crippen LogP contribution in [-0.4, -0.2) is 31.4 Å². The molecule has 0 bridgehead atoms. The van der Waals surface area contributed by atoms with Gasteiger partial charge in [-0.3, -0.25) is 19.7 Å². The molecule has 0 aliphatic rings. The summed E-state index contributed by atoms with van der Waals surface area (Å²) in [7, 11) is 0. The Morgan fingerprint density at radius 1 is 1.13 bits per heavy atom. The third-order valence-electron chi connectivity index (χ3n) is 4.30. The number of hydrogen-bond donors (Lipinski definition) is 1. The molecule has 0 aliphatic carbocycles. The van der Waals surface area contributed by atoms with Crippen LogP contribution in [0.2, 0.25) is 0 Å². The van der Waals surface area contributed by atoms with Gasteiger partial charge in [0.15, 0.2) is 11.6 Å². The number of benzene rings is 2. The van der Waals surface area contributed by atoms with Crippen molar-refractivity contribution < 1.29 is 14.5 Å². The molecule has 9 heteroatoms. The van der Waals surface area contributed by atoms with E-state index in [-0.39, 0.29) is 23.9 Å². The number of anilines is 1. The van der Waals surface area contributed by atoms with Crippen LogP contribution in [0.5, 0.6) is 0 Å². The molecule has 154 valence electrons. The standard InChI is InChI=1S/C21H21N5O4/c1-21(2,3)20(28)23-16-9-7-14(8-10-16)18(27)12-25-13-22-19(24-25)15-5-4-6-17(11-15)26(29)30/h4-11,13H,12H2,1-3H3,(H,23,28). The monoisotopic (exact) mass is 407 g/mol. The lowest BCUT2D eigenvalue weighted by Gasteiger charge is -2.17. The number of non-ortho nitro benzene ring substituents is 1. The van der Waals surface area contributed by atoms with E-state index >= 15 is 0 Å². The molecular weight excluding hydrogens is 386 g/mol. The van der Waals surface area contributed by atoms with E-state index in [1.165, 1.54) is 23.1 Å². The first-order valence-corrected chi connectivity index (χ1v) is 9.22. The molecule has 3 rings (SSSR count). The Morgan fingerprint density at radius 3 is 2.47 bits per heavy atom. The van der Waals surface area contributed by atoms with Gasteiger partial charge in [0.1, 0.15) is 12.9 Å². The second-order valence-electron chi connectivity index (χ2n) is 7.78. The van der Waals surface area contributed by atoms with Crippen molar-refractivity contribution in [3.63, 3.8) is 0 Å². The van der Waals surface area contributed by atoms with E-state index in [2.05, 4.69) is 15.4 Å². The number of carbonyl (C=O) groups excluding carboxylic acids is 2. The van der Waals surface area contributed by atoms with E-state index in [0.29, 0.717) is 22.6 Å². The molecule has 9 nitrogen and oxygen atoms in total. The van der Waals surface area contributed by atoms with E-state index in [1.807, 2.05) is 20.8 Å². The summed E-state index contributed by atoms with van der Waals surface area (Å²) in [6, 6.07) is 12.6. The van der Waals surface area contributed by atoms with Crippen LogP contribution >= 0.6 is 0 Å². The summed E-state index contributed by atoms with van der Waals surface area (Å²) in [5.74, 6) is 0.00352. The largest absolute Gasteiger partial charge is 0.326 e. The van der Waals surface area contributed by atoms with Crippen LogP contribution in [0.15, 0.2) is 54.9 Å². The van der Waals surface area contributed by atoms with Crippen LogP contribution < -0.4 is 5.32 Å². The summed E-state index contributed by atoms with van der Waals surface area (Å²) in [5, 5.41) is 18.0. The van der Waals surface area contributed by atoms with Crippen molar-refractivity contribution in [2.45, 2.75) is 27.3 Å². The van der Waals surface area contributed by atoms with Crippen molar-refractivity contribution in [1.29, 1.82) is 0 Å². The zero-order chi connectivity index (χ0) is 21.9. The molecule has 1 heterocycles. The highest BCUT2D eigenvalue weighted by molar-refractivity contribution is 5.97. The van der Waals surface area contributed by atoms with Crippen molar-refractivity contribution in [1.82, 2.24) is 14.8 Å². The Bertz CT molecular complexity index is 1100. The Hall–Kier alpha value is -3.88. The SMILES string of the molecule is CC(C)(C)C(=O)Nc1ccc(C(=O)Cn2cnc(-c3cccc([N+](=O)[O-])c3)n2)cc1. The van der Waals surface area contributed by atoms with Gasteiger partial charge in [-0.15, -0.1) is 0 Å². The lowest BCUT2D eigenvalue weighted by atomic mass is 9.95. The highest BCUT2D eigenvalue weighted by atomic mass is 16.6. The number of amides is 1. The molecular formula is C21H21N5O4. The number of nitrogens with one attached hydrogen (secondary N) is 1. The van der Waals surface area contributed by atoms with Gasteiger partial charge in [-0.1, -0.05) is 32.9 Å². The zero-order valence-electron chi connectivity index (χ0n) is 16.8. The number of rotatable bonds is 6. The Labute approximate surface area is 172 Å². The maximum Gasteiger partial charge on any atom is 0.270 e. The normalized spacial score (nSPS) is 11.2. The minimum atomic E-state index is -0.515. The molecule has 0 fully saturated rings. The minimum Gasteiger partial charge on any atom is -0.326 e. The first kappa shape index (κ1) is 20.8. The molecule has 2 aromatic carbocycles. The summed E-state index contributed by atoms with van der Waals surface area (Å²) in [5.41, 5.74) is 1.00. The topological polar surface area (TPSA) is 120 Å². The van der Waals surface area contributed by atoms with E-state index < -0.39 is 10.3 Å². The van der Waals surface area contributed by atoms with Crippen molar-refractivity contribution >= 4 is 23.1 Å². The van der Waals surface area contributed by atoms with Crippen molar-refractivity contribution in [2.75, 3.05) is 5.32 Å². The van der Waals surface area contributed by atoms with Crippen LogP contribution in [0.4, 0.5) is 11.4 Å². The molecule has 3 aromatic rings. The molecule has 0 aliphatic heterocycles. The lowest BCUT2D eigenvalue weighted by Crippen LogP contribution is -2.27. The van der Waals surface area contributed by atoms with Crippen LogP contribution in [-0.2, 0) is 11.3 Å². The molecule has 0 radical (unpaired) electrons. The minimum absolute atomic E-state index is 0.0321. The Morgan fingerprint density at radius 2 is 1.83 bits per heavy atom. The number of carbonyl (C=O) groups is 2.